The third-order valence-corrected chi connectivity index (χ3v) is 3.31. The number of rotatable bonds is 8. The minimum Gasteiger partial charge on any atom is -0.464 e. The highest BCUT2D eigenvalue weighted by atomic mass is 32.2. The molecule has 2 heterocycles. The van der Waals surface area contributed by atoms with Gasteiger partial charge in [0.05, 0.1) is 18.8 Å². The van der Waals surface area contributed by atoms with Crippen LogP contribution in [0.1, 0.15) is 23.9 Å². The second-order valence-electron chi connectivity index (χ2n) is 4.07. The molecule has 0 saturated heterocycles. The fourth-order valence-corrected chi connectivity index (χ4v) is 2.14. The van der Waals surface area contributed by atoms with Crippen molar-refractivity contribution in [2.24, 2.45) is 0 Å². The van der Waals surface area contributed by atoms with Gasteiger partial charge in [-0.2, -0.15) is 17.6 Å². The van der Waals surface area contributed by atoms with Crippen LogP contribution in [0.5, 0.6) is 0 Å². The zero-order valence-corrected chi connectivity index (χ0v) is 11.6. The maximum atomic E-state index is 12.6. The zero-order chi connectivity index (χ0) is 15.2. The van der Waals surface area contributed by atoms with Crippen LogP contribution < -0.4 is 5.32 Å². The van der Waals surface area contributed by atoms with Gasteiger partial charge in [-0.3, -0.25) is 4.57 Å². The minimum atomic E-state index is -2.63. The Morgan fingerprint density at radius 1 is 1.19 bits per heavy atom. The van der Waals surface area contributed by atoms with Crippen LogP contribution in [0, 0.1) is 0 Å². The molecular weight excluding hydrogens is 310 g/mol. The van der Waals surface area contributed by atoms with E-state index in [1.54, 1.807) is 12.1 Å². The monoisotopic (exact) mass is 323 g/mol. The molecule has 1 N–H and O–H groups in total. The van der Waals surface area contributed by atoms with Gasteiger partial charge >= 0.3 is 6.55 Å². The molecule has 2 aromatic heterocycles. The first kappa shape index (κ1) is 15.9. The Bertz CT molecular complexity index is 558. The molecule has 0 amide bonds. The average molecular weight is 323 g/mol. The first-order valence-electron chi connectivity index (χ1n) is 6.04. The molecule has 4 nitrogen and oxygen atoms in total. The molecule has 0 unspecified atom stereocenters. The van der Waals surface area contributed by atoms with Crippen LogP contribution in [-0.2, 0) is 18.8 Å². The summed E-state index contributed by atoms with van der Waals surface area (Å²) in [5.74, 6) is -1.14. The van der Waals surface area contributed by atoms with Crippen molar-refractivity contribution < 1.29 is 22.0 Å². The van der Waals surface area contributed by atoms with Crippen LogP contribution in [0.4, 0.5) is 17.6 Å². The molecule has 9 heteroatoms. The lowest BCUT2D eigenvalue weighted by Crippen LogP contribution is -2.16. The van der Waals surface area contributed by atoms with E-state index in [9.17, 15) is 17.6 Å². The summed E-state index contributed by atoms with van der Waals surface area (Å²) in [6.45, 7) is -2.18. The summed E-state index contributed by atoms with van der Waals surface area (Å²) < 4.78 is 55.3. The van der Waals surface area contributed by atoms with E-state index < -0.39 is 12.3 Å². The van der Waals surface area contributed by atoms with Crippen molar-refractivity contribution in [3.8, 4) is 0 Å². The number of hydrogen-bond donors (Lipinski definition) is 1. The molecule has 0 aliphatic rings. The summed E-state index contributed by atoms with van der Waals surface area (Å²) in [6, 6.07) is 3.28. The van der Waals surface area contributed by atoms with Crippen molar-refractivity contribution in [2.45, 2.75) is 31.1 Å². The number of thioether (sulfide) groups is 1. The Kier molecular flexibility index (Phi) is 5.68. The van der Waals surface area contributed by atoms with Crippen molar-refractivity contribution >= 4 is 11.8 Å². The topological polar surface area (TPSA) is 43.0 Å². The molecule has 2 aromatic rings. The molecule has 0 radical (unpaired) electrons. The van der Waals surface area contributed by atoms with Crippen molar-refractivity contribution in [3.05, 3.63) is 41.9 Å². The molecule has 116 valence electrons. The highest BCUT2D eigenvalue weighted by molar-refractivity contribution is 7.98. The van der Waals surface area contributed by atoms with E-state index in [0.717, 1.165) is 4.57 Å². The molecule has 0 aliphatic heterocycles. The van der Waals surface area contributed by atoms with Gasteiger partial charge in [0.15, 0.2) is 0 Å². The molecule has 21 heavy (non-hydrogen) atoms. The van der Waals surface area contributed by atoms with Crippen molar-refractivity contribution in [1.82, 2.24) is 14.9 Å². The van der Waals surface area contributed by atoms with Crippen LogP contribution in [0.2, 0.25) is 0 Å². The van der Waals surface area contributed by atoms with Gasteiger partial charge in [-0.1, -0.05) is 11.8 Å². The maximum absolute atomic E-state index is 12.6. The number of alkyl halides is 4. The molecule has 0 fully saturated rings. The van der Waals surface area contributed by atoms with Gasteiger partial charge in [0.1, 0.15) is 17.3 Å². The summed E-state index contributed by atoms with van der Waals surface area (Å²) in [5, 5.41) is 2.91. The van der Waals surface area contributed by atoms with Crippen molar-refractivity contribution in [2.75, 3.05) is 0 Å². The summed E-state index contributed by atoms with van der Waals surface area (Å²) >= 11 is 0.481. The number of nitrogens with zero attached hydrogens (tertiary/aromatic N) is 2. The Morgan fingerprint density at radius 2 is 1.95 bits per heavy atom. The normalized spacial score (nSPS) is 11.7. The lowest BCUT2D eigenvalue weighted by atomic mass is 10.4. The summed E-state index contributed by atoms with van der Waals surface area (Å²) in [7, 11) is 0. The van der Waals surface area contributed by atoms with E-state index in [1.807, 2.05) is 0 Å². The first-order valence-corrected chi connectivity index (χ1v) is 7.09. The Morgan fingerprint density at radius 3 is 2.67 bits per heavy atom. The van der Waals surface area contributed by atoms with Crippen LogP contribution >= 0.6 is 11.8 Å². The van der Waals surface area contributed by atoms with Crippen LogP contribution in [-0.4, -0.2) is 15.3 Å². The van der Waals surface area contributed by atoms with E-state index in [1.165, 1.54) is 12.4 Å². The molecule has 0 atom stereocenters. The predicted molar refractivity (Wildman–Crippen MR) is 70.0 cm³/mol. The summed E-state index contributed by atoms with van der Waals surface area (Å²) in [5.41, 5.74) is 0. The maximum Gasteiger partial charge on any atom is 0.319 e. The van der Waals surface area contributed by atoms with Crippen molar-refractivity contribution in [1.29, 1.82) is 0 Å². The fraction of sp³-hybridized carbons (Fsp3) is 0.417. The predicted octanol–water partition coefficient (Wildman–Crippen LogP) is 3.62. The third-order valence-electron chi connectivity index (χ3n) is 2.61. The van der Waals surface area contributed by atoms with E-state index in [-0.39, 0.29) is 18.1 Å². The van der Waals surface area contributed by atoms with E-state index in [4.69, 9.17) is 4.42 Å². The lowest BCUT2D eigenvalue weighted by molar-refractivity contribution is 0.0666. The second kappa shape index (κ2) is 7.51. The largest absolute Gasteiger partial charge is 0.464 e. The lowest BCUT2D eigenvalue weighted by Gasteiger charge is -2.06. The number of imidazole rings is 1. The number of nitrogens with one attached hydrogen (secondary N) is 1. The van der Waals surface area contributed by atoms with Crippen LogP contribution in [0.15, 0.2) is 28.9 Å². The van der Waals surface area contributed by atoms with E-state index >= 15 is 0 Å². The van der Waals surface area contributed by atoms with E-state index in [2.05, 4.69) is 10.3 Å². The zero-order valence-electron chi connectivity index (χ0n) is 10.8. The second-order valence-corrected chi connectivity index (χ2v) is 5.05. The smallest absolute Gasteiger partial charge is 0.319 e. The van der Waals surface area contributed by atoms with Crippen LogP contribution in [0.25, 0.3) is 0 Å². The quantitative estimate of drug-likeness (QED) is 0.754. The highest BCUT2D eigenvalue weighted by Crippen LogP contribution is 2.21. The van der Waals surface area contributed by atoms with Gasteiger partial charge in [-0.15, -0.1) is 0 Å². The fourth-order valence-electron chi connectivity index (χ4n) is 1.70. The third kappa shape index (κ3) is 4.78. The molecule has 0 spiro atoms. The summed E-state index contributed by atoms with van der Waals surface area (Å²) in [4.78, 5) is 3.83. The van der Waals surface area contributed by atoms with E-state index in [0.29, 0.717) is 29.8 Å². The molecule has 2 rings (SSSR count). The molecule has 0 saturated carbocycles. The SMILES string of the molecule is FC(F)SCc1ccc(CNCc2nccn2C(F)F)o1. The molecular formula is C12H13F4N3OS. The van der Waals surface area contributed by atoms with Crippen molar-refractivity contribution in [3.63, 3.8) is 0 Å². The Labute approximate surface area is 122 Å². The molecule has 0 aliphatic carbocycles. The Balaban J connectivity index is 1.79. The number of furan rings is 1. The standard InChI is InChI=1S/C12H13F4N3OS/c13-11(14)19-4-3-18-10(19)6-17-5-8-1-2-9(20-8)7-21-12(15)16/h1-4,11-12,17H,5-7H2. The Hall–Kier alpha value is -1.48. The van der Waals surface area contributed by atoms with Gasteiger partial charge < -0.3 is 9.73 Å². The number of aromatic nitrogens is 2. The highest BCUT2D eigenvalue weighted by Gasteiger charge is 2.11. The summed E-state index contributed by atoms with van der Waals surface area (Å²) in [6.07, 6.45) is 2.50. The van der Waals surface area contributed by atoms with Gasteiger partial charge in [0.25, 0.3) is 5.76 Å². The van der Waals surface area contributed by atoms with Gasteiger partial charge in [-0.25, -0.2) is 4.98 Å². The van der Waals surface area contributed by atoms with Gasteiger partial charge in [0, 0.05) is 12.4 Å². The molecule has 0 aromatic carbocycles. The first-order chi connectivity index (χ1) is 10.1. The minimum absolute atomic E-state index is 0.0907. The van der Waals surface area contributed by atoms with Gasteiger partial charge in [-0.05, 0) is 12.1 Å². The number of hydrogen-bond acceptors (Lipinski definition) is 4. The molecule has 0 bridgehead atoms. The van der Waals surface area contributed by atoms with Crippen LogP contribution in [0.3, 0.4) is 0 Å². The number of halogens is 4. The van der Waals surface area contributed by atoms with Gasteiger partial charge in [0.2, 0.25) is 0 Å². The average Bonchev–Trinajstić information content (AvgIpc) is 3.05.